The monoisotopic (exact) mass is 350 g/mol. The first kappa shape index (κ1) is 14.4. The summed E-state index contributed by atoms with van der Waals surface area (Å²) in [5, 5.41) is 10.1. The first-order chi connectivity index (χ1) is 8.91. The minimum atomic E-state index is -1.77. The molecular weight excluding hydrogens is 344 g/mol. The predicted molar refractivity (Wildman–Crippen MR) is 69.5 cm³/mol. The van der Waals surface area contributed by atoms with Crippen LogP contribution in [0.15, 0.2) is 34.8 Å². The Balaban J connectivity index is 2.56. The fourth-order valence-corrected chi connectivity index (χ4v) is 2.16. The van der Waals surface area contributed by atoms with Crippen molar-refractivity contribution in [1.29, 1.82) is 0 Å². The van der Waals surface area contributed by atoms with Gasteiger partial charge in [0.25, 0.3) is 0 Å². The summed E-state index contributed by atoms with van der Waals surface area (Å²) in [5.74, 6) is -2.72. The van der Waals surface area contributed by atoms with Crippen molar-refractivity contribution in [3.63, 3.8) is 0 Å². The lowest BCUT2D eigenvalue weighted by Crippen LogP contribution is -2.08. The van der Waals surface area contributed by atoms with Crippen LogP contribution in [-0.2, 0) is 0 Å². The average molecular weight is 352 g/mol. The number of aliphatic hydroxyl groups is 1. The summed E-state index contributed by atoms with van der Waals surface area (Å²) < 4.78 is 41.1. The van der Waals surface area contributed by atoms with Gasteiger partial charge in [-0.05, 0) is 40.2 Å². The number of rotatable bonds is 2. The second-order valence-corrected chi connectivity index (χ2v) is 5.09. The molecule has 0 bridgehead atoms. The minimum absolute atomic E-state index is 0.132. The van der Waals surface area contributed by atoms with Gasteiger partial charge in [-0.2, -0.15) is 0 Å². The maximum absolute atomic E-state index is 13.7. The Bertz CT molecular complexity index is 613. The lowest BCUT2D eigenvalue weighted by Gasteiger charge is -2.15. The van der Waals surface area contributed by atoms with Crippen LogP contribution in [0.5, 0.6) is 0 Å². The molecule has 0 radical (unpaired) electrons. The fraction of sp³-hybridized carbons (Fsp3) is 0.0769. The number of benzene rings is 2. The Labute approximate surface area is 120 Å². The third-order valence-electron chi connectivity index (χ3n) is 2.61. The molecule has 0 saturated heterocycles. The quantitative estimate of drug-likeness (QED) is 0.784. The normalized spacial score (nSPS) is 12.5. The molecule has 0 aromatic heterocycles. The first-order valence-corrected chi connectivity index (χ1v) is 6.35. The zero-order valence-electron chi connectivity index (χ0n) is 9.30. The maximum atomic E-state index is 13.7. The van der Waals surface area contributed by atoms with Crippen LogP contribution >= 0.6 is 27.5 Å². The molecule has 19 heavy (non-hydrogen) atoms. The van der Waals surface area contributed by atoms with Gasteiger partial charge in [0.1, 0.15) is 23.6 Å². The van der Waals surface area contributed by atoms with Crippen LogP contribution in [0, 0.1) is 17.5 Å². The summed E-state index contributed by atoms with van der Waals surface area (Å²) in [6, 6.07) is 5.28. The van der Waals surface area contributed by atoms with Gasteiger partial charge in [-0.15, -0.1) is 0 Å². The van der Waals surface area contributed by atoms with E-state index in [1.54, 1.807) is 0 Å². The summed E-state index contributed by atoms with van der Waals surface area (Å²) in [5.41, 5.74) is -0.906. The Morgan fingerprint density at radius 1 is 1.05 bits per heavy atom. The highest BCUT2D eigenvalue weighted by Crippen LogP contribution is 2.33. The Hall–Kier alpha value is -1.04. The third kappa shape index (κ3) is 2.78. The van der Waals surface area contributed by atoms with E-state index in [1.165, 1.54) is 0 Å². The Morgan fingerprint density at radius 2 is 1.63 bits per heavy atom. The lowest BCUT2D eigenvalue weighted by atomic mass is 10.00. The summed E-state index contributed by atoms with van der Waals surface area (Å²) in [4.78, 5) is 0. The van der Waals surface area contributed by atoms with Gasteiger partial charge in [-0.25, -0.2) is 13.2 Å². The Morgan fingerprint density at radius 3 is 2.21 bits per heavy atom. The zero-order chi connectivity index (χ0) is 14.2. The molecule has 2 aromatic rings. The van der Waals surface area contributed by atoms with Crippen LogP contribution in [-0.4, -0.2) is 5.11 Å². The van der Waals surface area contributed by atoms with Crippen LogP contribution in [0.2, 0.25) is 5.02 Å². The molecule has 1 atom stereocenters. The van der Waals surface area contributed by atoms with Crippen molar-refractivity contribution in [3.8, 4) is 0 Å². The van der Waals surface area contributed by atoms with E-state index in [9.17, 15) is 18.3 Å². The zero-order valence-corrected chi connectivity index (χ0v) is 11.6. The van der Waals surface area contributed by atoms with Crippen LogP contribution in [0.1, 0.15) is 17.2 Å². The van der Waals surface area contributed by atoms with Crippen LogP contribution in [0.4, 0.5) is 13.2 Å². The summed E-state index contributed by atoms with van der Waals surface area (Å²) in [6.07, 6.45) is -1.77. The van der Waals surface area contributed by atoms with Gasteiger partial charge in [0.15, 0.2) is 0 Å². The molecule has 100 valence electrons. The van der Waals surface area contributed by atoms with E-state index in [0.29, 0.717) is 0 Å². The van der Waals surface area contributed by atoms with Gasteiger partial charge < -0.3 is 5.11 Å². The summed E-state index contributed by atoms with van der Waals surface area (Å²) in [7, 11) is 0. The first-order valence-electron chi connectivity index (χ1n) is 5.18. The van der Waals surface area contributed by atoms with E-state index in [1.807, 2.05) is 0 Å². The van der Waals surface area contributed by atoms with E-state index in [-0.39, 0.29) is 15.1 Å². The van der Waals surface area contributed by atoms with E-state index in [0.717, 1.165) is 30.3 Å². The molecule has 1 nitrogen and oxygen atoms in total. The molecule has 0 amide bonds. The molecule has 1 N–H and O–H groups in total. The van der Waals surface area contributed by atoms with Crippen molar-refractivity contribution >= 4 is 27.5 Å². The molecule has 2 rings (SSSR count). The van der Waals surface area contributed by atoms with Gasteiger partial charge >= 0.3 is 0 Å². The van der Waals surface area contributed by atoms with Gasteiger partial charge in [0, 0.05) is 10.0 Å². The fourth-order valence-electron chi connectivity index (χ4n) is 1.67. The van der Waals surface area contributed by atoms with E-state index in [4.69, 9.17) is 11.6 Å². The van der Waals surface area contributed by atoms with Crippen molar-refractivity contribution in [2.24, 2.45) is 0 Å². The molecule has 0 aliphatic carbocycles. The van der Waals surface area contributed by atoms with Gasteiger partial charge in [0.2, 0.25) is 0 Å². The summed E-state index contributed by atoms with van der Waals surface area (Å²) in [6.45, 7) is 0. The van der Waals surface area contributed by atoms with Crippen LogP contribution < -0.4 is 0 Å². The van der Waals surface area contributed by atoms with Gasteiger partial charge in [-0.1, -0.05) is 17.7 Å². The van der Waals surface area contributed by atoms with Crippen molar-refractivity contribution in [1.82, 2.24) is 0 Å². The second kappa shape index (κ2) is 5.53. The maximum Gasteiger partial charge on any atom is 0.132 e. The van der Waals surface area contributed by atoms with E-state index < -0.39 is 29.1 Å². The smallest absolute Gasteiger partial charge is 0.132 e. The second-order valence-electron chi connectivity index (χ2n) is 3.83. The minimum Gasteiger partial charge on any atom is -0.383 e. The molecule has 6 heteroatoms. The third-order valence-corrected chi connectivity index (χ3v) is 3.80. The van der Waals surface area contributed by atoms with E-state index in [2.05, 4.69) is 15.9 Å². The van der Waals surface area contributed by atoms with Crippen molar-refractivity contribution in [3.05, 3.63) is 68.4 Å². The van der Waals surface area contributed by atoms with Gasteiger partial charge in [-0.3, -0.25) is 0 Å². The molecular formula is C13H7BrClF3O. The number of aliphatic hydroxyl groups excluding tert-OH is 1. The number of hydrogen-bond donors (Lipinski definition) is 1. The molecule has 2 aromatic carbocycles. The molecule has 0 spiro atoms. The molecule has 0 aliphatic rings. The van der Waals surface area contributed by atoms with Crippen LogP contribution in [0.25, 0.3) is 0 Å². The standard InChI is InChI=1S/C13H7BrClF3O/c14-7-5-11(18)6(4-8(7)15)13(19)12-9(16)2-1-3-10(12)17/h1-5,13,19H. The highest BCUT2D eigenvalue weighted by atomic mass is 79.9. The molecule has 0 aliphatic heterocycles. The average Bonchev–Trinajstić information content (AvgIpc) is 2.33. The predicted octanol–water partition coefficient (Wildman–Crippen LogP) is 4.60. The summed E-state index contributed by atoms with van der Waals surface area (Å²) >= 11 is 8.80. The van der Waals surface area contributed by atoms with E-state index >= 15 is 0 Å². The largest absolute Gasteiger partial charge is 0.383 e. The Kier molecular flexibility index (Phi) is 4.18. The van der Waals surface area contributed by atoms with Crippen molar-refractivity contribution in [2.45, 2.75) is 6.10 Å². The number of hydrogen-bond acceptors (Lipinski definition) is 1. The molecule has 0 fully saturated rings. The topological polar surface area (TPSA) is 20.2 Å². The highest BCUT2D eigenvalue weighted by molar-refractivity contribution is 9.10. The lowest BCUT2D eigenvalue weighted by molar-refractivity contribution is 0.204. The number of halogens is 5. The van der Waals surface area contributed by atoms with Gasteiger partial charge in [0.05, 0.1) is 10.6 Å². The van der Waals surface area contributed by atoms with Crippen LogP contribution in [0.3, 0.4) is 0 Å². The molecule has 0 heterocycles. The van der Waals surface area contributed by atoms with Crippen molar-refractivity contribution in [2.75, 3.05) is 0 Å². The highest BCUT2D eigenvalue weighted by Gasteiger charge is 2.23. The van der Waals surface area contributed by atoms with Crippen molar-refractivity contribution < 1.29 is 18.3 Å². The molecule has 0 saturated carbocycles. The SMILES string of the molecule is OC(c1cc(Cl)c(Br)cc1F)c1c(F)cccc1F. The molecule has 1 unspecified atom stereocenters.